The van der Waals surface area contributed by atoms with E-state index in [1.54, 1.807) is 110 Å². The van der Waals surface area contributed by atoms with Gasteiger partial charge in [-0.3, -0.25) is 9.78 Å². The zero-order valence-corrected chi connectivity index (χ0v) is 49.3. The molecule has 0 aliphatic heterocycles. The highest BCUT2D eigenvalue weighted by Crippen LogP contribution is 2.43. The average molecular weight is 1280 g/mol. The second kappa shape index (κ2) is 28.0. The molecule has 0 bridgehead atoms. The number of nitrogens with zero attached hydrogens (tertiary/aromatic N) is 7. The van der Waals surface area contributed by atoms with Crippen LogP contribution in [0, 0.1) is 0 Å². The van der Waals surface area contributed by atoms with Crippen molar-refractivity contribution >= 4 is 95.0 Å². The van der Waals surface area contributed by atoms with Crippen molar-refractivity contribution < 1.29 is 55.9 Å². The summed E-state index contributed by atoms with van der Waals surface area (Å²) in [5, 5.41) is 12.9. The summed E-state index contributed by atoms with van der Waals surface area (Å²) in [5.41, 5.74) is 9.17. The number of aromatic nitrogens is 7. The largest absolute Gasteiger partial charge is 0.493 e. The molecular weight excluding hydrogens is 1230 g/mol. The number of nitrogens with two attached hydrogens (primary N) is 1. The molecule has 0 unspecified atom stereocenters. The van der Waals surface area contributed by atoms with Crippen LogP contribution in [0.1, 0.15) is 30.9 Å². The van der Waals surface area contributed by atoms with E-state index in [0.29, 0.717) is 101 Å². The Morgan fingerprint density at radius 3 is 1.60 bits per heavy atom. The van der Waals surface area contributed by atoms with Crippen LogP contribution in [0.25, 0.3) is 10.9 Å². The Balaban J connectivity index is 0.000000165. The third-order valence-corrected chi connectivity index (χ3v) is 13.0. The summed E-state index contributed by atoms with van der Waals surface area (Å²) >= 11 is 6.80. The molecule has 26 heteroatoms. The highest BCUT2D eigenvalue weighted by molar-refractivity contribution is 9.10. The molecule has 1 aliphatic carbocycles. The van der Waals surface area contributed by atoms with Gasteiger partial charge in [0.2, 0.25) is 41.1 Å². The van der Waals surface area contributed by atoms with Crippen molar-refractivity contribution in [1.29, 1.82) is 0 Å². The molecular formula is C58H55Br2F3N12O9. The number of Topliss-reactive ketones (excluding diaryl/α,β-unsaturated/α-hetero) is 1. The summed E-state index contributed by atoms with van der Waals surface area (Å²) < 4.78 is 84.4. The predicted octanol–water partition coefficient (Wildman–Crippen LogP) is 13.7. The number of methoxy groups -OCH3 is 6. The van der Waals surface area contributed by atoms with Crippen LogP contribution in [-0.2, 0) is 17.4 Å². The minimum atomic E-state index is -4.50. The number of benzene rings is 5. The molecule has 9 aromatic rings. The Morgan fingerprint density at radius 2 is 1.08 bits per heavy atom. The topological polar surface area (TPSA) is 255 Å². The number of halogens is 5. The number of anilines is 8. The van der Waals surface area contributed by atoms with Gasteiger partial charge in [0.25, 0.3) is 0 Å². The molecule has 0 amide bonds. The van der Waals surface area contributed by atoms with Crippen LogP contribution in [-0.4, -0.2) is 89.4 Å². The molecule has 1 aliphatic rings. The second-order valence-electron chi connectivity index (χ2n) is 17.9. The maximum atomic E-state index is 13.1. The van der Waals surface area contributed by atoms with Gasteiger partial charge in [0.1, 0.15) is 22.9 Å². The van der Waals surface area contributed by atoms with Crippen molar-refractivity contribution in [3.63, 3.8) is 0 Å². The lowest BCUT2D eigenvalue weighted by Crippen LogP contribution is -2.15. The number of nitrogen functional groups attached to an aromatic ring is 1. The van der Waals surface area contributed by atoms with Gasteiger partial charge < -0.3 is 64.9 Å². The van der Waals surface area contributed by atoms with Gasteiger partial charge >= 0.3 is 6.18 Å². The van der Waals surface area contributed by atoms with Crippen LogP contribution >= 0.6 is 31.9 Å². The Kier molecular flexibility index (Phi) is 20.2. The highest BCUT2D eigenvalue weighted by atomic mass is 79.9. The van der Waals surface area contributed by atoms with Gasteiger partial charge in [0, 0.05) is 77.1 Å². The number of rotatable bonds is 20. The number of ketones is 1. The third kappa shape index (κ3) is 16.0. The van der Waals surface area contributed by atoms with Crippen molar-refractivity contribution in [1.82, 2.24) is 34.9 Å². The first-order chi connectivity index (χ1) is 40.5. The molecule has 0 atom stereocenters. The van der Waals surface area contributed by atoms with E-state index in [2.05, 4.69) is 88.0 Å². The van der Waals surface area contributed by atoms with Gasteiger partial charge in [-0.25, -0.2) is 15.0 Å². The second-order valence-corrected chi connectivity index (χ2v) is 19.6. The van der Waals surface area contributed by atoms with E-state index in [4.69, 9.17) is 43.6 Å². The fourth-order valence-electron chi connectivity index (χ4n) is 7.79. The fraction of sp³-hybridized carbons (Fsp3) is 0.207. The van der Waals surface area contributed by atoms with Crippen LogP contribution in [0.2, 0.25) is 0 Å². The Bertz CT molecular complexity index is 3720. The molecule has 6 N–H and O–H groups in total. The molecule has 1 saturated carbocycles. The summed E-state index contributed by atoms with van der Waals surface area (Å²) in [5.74, 6) is 5.27. The van der Waals surface area contributed by atoms with Gasteiger partial charge in [-0.1, -0.05) is 36.4 Å². The fourth-order valence-corrected chi connectivity index (χ4v) is 8.34. The normalized spacial score (nSPS) is 11.6. The Labute approximate surface area is 497 Å². The molecule has 5 aromatic carbocycles. The Hall–Kier alpha value is -9.43. The maximum absolute atomic E-state index is 13.1. The monoisotopic (exact) mass is 1280 g/mol. The molecule has 10 rings (SSSR count). The lowest BCUT2D eigenvalue weighted by molar-refractivity contribution is -0.137. The molecule has 436 valence electrons. The number of alkyl halides is 3. The van der Waals surface area contributed by atoms with E-state index < -0.39 is 11.7 Å². The van der Waals surface area contributed by atoms with Crippen molar-refractivity contribution in [2.75, 3.05) is 69.7 Å². The smallest absolute Gasteiger partial charge is 0.421 e. The lowest BCUT2D eigenvalue weighted by Gasteiger charge is -2.15. The highest BCUT2D eigenvalue weighted by Gasteiger charge is 2.37. The Morgan fingerprint density at radius 1 is 0.583 bits per heavy atom. The van der Waals surface area contributed by atoms with Crippen LogP contribution < -0.4 is 64.9 Å². The molecule has 0 radical (unpaired) electrons. The quantitative estimate of drug-likeness (QED) is 0.0445. The standard InChI is InChI=1S/C22H22BrN3O5.C19H19BrN4O4.C17H14F3N5/c1-13(27)9-14-7-5-6-8-17(14)31-21-16(23)12-24-22(26-21)25-15-10-18(28-2)20(30-4)19(11-15)29-3;1-25-15-8-11(9-16(26-2)17(15)27-3)23-19-22-10-12(20)18(24-19)28-14-7-5-4-6-13(14)21;18-17(19,20)13-9-22-16(25-15(13)23-11-3-4-11)24-12-5-6-14-10(8-12)2-1-7-21-14/h5-8,10-12H,9H2,1-4H3,(H,24,25,26);4-10H,21H2,1-3H3,(H,22,23,24);1-2,5-9,11H,3-4H2,(H2,22,23,24,25). The average Bonchev–Trinajstić information content (AvgIpc) is 3.95. The molecule has 0 spiro atoms. The van der Waals surface area contributed by atoms with Crippen LogP contribution in [0.15, 0.2) is 137 Å². The number of nitrogens with one attached hydrogen (secondary N) is 4. The molecule has 4 aromatic heterocycles. The first kappa shape index (κ1) is 60.7. The SMILES string of the molecule is COc1cc(Nc2ncc(Br)c(Oc3ccccc3CC(C)=O)n2)cc(OC)c1OC.COc1cc(Nc2ncc(Br)c(Oc3ccccc3N)n2)cc(OC)c1OC.FC(F)(F)c1cnc(Nc2ccc3ncccc3c2)nc1NC1CC1. The van der Waals surface area contributed by atoms with Gasteiger partial charge in [-0.2, -0.15) is 28.1 Å². The first-order valence-electron chi connectivity index (χ1n) is 25.3. The first-order valence-corrected chi connectivity index (χ1v) is 26.9. The summed E-state index contributed by atoms with van der Waals surface area (Å²) in [6, 6.07) is 30.7. The predicted molar refractivity (Wildman–Crippen MR) is 319 cm³/mol. The molecule has 21 nitrogen and oxygen atoms in total. The third-order valence-electron chi connectivity index (χ3n) is 11.9. The van der Waals surface area contributed by atoms with E-state index in [9.17, 15) is 18.0 Å². The number of fused-ring (bicyclic) bond motifs is 1. The number of ether oxygens (including phenoxy) is 8. The van der Waals surface area contributed by atoms with Crippen molar-refractivity contribution in [2.45, 2.75) is 38.4 Å². The van der Waals surface area contributed by atoms with Crippen molar-refractivity contribution in [3.8, 4) is 57.8 Å². The van der Waals surface area contributed by atoms with Crippen molar-refractivity contribution in [3.05, 3.63) is 148 Å². The number of pyridine rings is 1. The molecule has 84 heavy (non-hydrogen) atoms. The number of carbonyl (C=O) groups is 1. The summed E-state index contributed by atoms with van der Waals surface area (Å²) in [6.45, 7) is 1.54. The summed E-state index contributed by atoms with van der Waals surface area (Å²) in [7, 11) is 9.27. The summed E-state index contributed by atoms with van der Waals surface area (Å²) in [4.78, 5) is 41.0. The van der Waals surface area contributed by atoms with Crippen LogP contribution in [0.3, 0.4) is 0 Å². The molecule has 0 saturated heterocycles. The van der Waals surface area contributed by atoms with E-state index in [0.717, 1.165) is 35.5 Å². The van der Waals surface area contributed by atoms with Crippen LogP contribution in [0.5, 0.6) is 57.8 Å². The zero-order chi connectivity index (χ0) is 59.9. The summed E-state index contributed by atoms with van der Waals surface area (Å²) in [6.07, 6.45) is 3.15. The van der Waals surface area contributed by atoms with Gasteiger partial charge in [0.15, 0.2) is 28.7 Å². The van der Waals surface area contributed by atoms with E-state index in [1.165, 1.54) is 6.92 Å². The van der Waals surface area contributed by atoms with Crippen molar-refractivity contribution in [2.24, 2.45) is 0 Å². The van der Waals surface area contributed by atoms with Gasteiger partial charge in [-0.05, 0) is 94.1 Å². The zero-order valence-electron chi connectivity index (χ0n) is 46.1. The molecule has 1 fully saturated rings. The van der Waals surface area contributed by atoms with Crippen LogP contribution in [0.4, 0.5) is 59.6 Å². The number of hydrogen-bond donors (Lipinski definition) is 5. The van der Waals surface area contributed by atoms with Gasteiger partial charge in [0.05, 0.1) is 75.2 Å². The maximum Gasteiger partial charge on any atom is 0.421 e. The van der Waals surface area contributed by atoms with E-state index >= 15 is 0 Å². The minimum Gasteiger partial charge on any atom is -0.493 e. The number of carbonyl (C=O) groups excluding carboxylic acids is 1. The molecule has 4 heterocycles. The lowest BCUT2D eigenvalue weighted by atomic mass is 10.1. The van der Waals surface area contributed by atoms with E-state index in [1.807, 2.05) is 54.6 Å². The number of para-hydroxylation sites is 3. The number of hydrogen-bond acceptors (Lipinski definition) is 21. The van der Waals surface area contributed by atoms with E-state index in [-0.39, 0.29) is 30.0 Å². The van der Waals surface area contributed by atoms with Gasteiger partial charge in [-0.15, -0.1) is 0 Å². The minimum absolute atomic E-state index is 0.0440.